The van der Waals surface area contributed by atoms with E-state index in [1.54, 1.807) is 36.4 Å². The number of amides is 1. The van der Waals surface area contributed by atoms with Crippen LogP contribution in [0.1, 0.15) is 15.2 Å². The zero-order chi connectivity index (χ0) is 17.1. The maximum atomic E-state index is 13.1. The van der Waals surface area contributed by atoms with Crippen LogP contribution in [0.4, 0.5) is 9.52 Å². The lowest BCUT2D eigenvalue weighted by Gasteiger charge is -2.07. The van der Waals surface area contributed by atoms with Gasteiger partial charge in [0.25, 0.3) is 5.91 Å². The number of ether oxygens (including phenoxy) is 1. The molecule has 6 heteroatoms. The summed E-state index contributed by atoms with van der Waals surface area (Å²) >= 11 is 1.37. The van der Waals surface area contributed by atoms with Gasteiger partial charge in [-0.15, -0.1) is 11.3 Å². The van der Waals surface area contributed by atoms with Gasteiger partial charge in [-0.3, -0.25) is 10.1 Å². The van der Waals surface area contributed by atoms with Crippen molar-refractivity contribution in [3.8, 4) is 17.0 Å². The fourth-order valence-electron chi connectivity index (χ4n) is 2.32. The first-order chi connectivity index (χ1) is 11.6. The molecule has 3 aromatic rings. The predicted octanol–water partition coefficient (Wildman–Crippen LogP) is 4.52. The Bertz CT molecular complexity index is 875. The fraction of sp³-hybridized carbons (Fsp3) is 0.111. The van der Waals surface area contributed by atoms with E-state index in [0.29, 0.717) is 16.4 Å². The zero-order valence-electron chi connectivity index (χ0n) is 13.2. The Hall–Kier alpha value is -2.73. The molecule has 0 fully saturated rings. The van der Waals surface area contributed by atoms with E-state index in [2.05, 4.69) is 10.3 Å². The number of hydrogen-bond acceptors (Lipinski definition) is 4. The number of nitrogens with zero attached hydrogens (tertiary/aromatic N) is 1. The molecule has 3 rings (SSSR count). The molecule has 1 N–H and O–H groups in total. The summed E-state index contributed by atoms with van der Waals surface area (Å²) in [6.07, 6.45) is 0. The fourth-order valence-corrected chi connectivity index (χ4v) is 3.15. The summed E-state index contributed by atoms with van der Waals surface area (Å²) < 4.78 is 18.3. The SMILES string of the molecule is COc1ccccc1C(=O)Nc1nc(-c2ccc(F)cc2)c(C)s1. The number of aryl methyl sites for hydroxylation is 1. The molecule has 0 aliphatic rings. The lowest BCUT2D eigenvalue weighted by molar-refractivity contribution is 0.102. The number of hydrogen-bond donors (Lipinski definition) is 1. The van der Waals surface area contributed by atoms with E-state index in [1.807, 2.05) is 6.92 Å². The Morgan fingerprint density at radius 2 is 1.88 bits per heavy atom. The van der Waals surface area contributed by atoms with Crippen molar-refractivity contribution in [1.82, 2.24) is 4.98 Å². The second kappa shape index (κ2) is 6.80. The molecule has 24 heavy (non-hydrogen) atoms. The summed E-state index contributed by atoms with van der Waals surface area (Å²) in [5.74, 6) is -0.0785. The summed E-state index contributed by atoms with van der Waals surface area (Å²) in [4.78, 5) is 17.8. The highest BCUT2D eigenvalue weighted by atomic mass is 32.1. The van der Waals surface area contributed by atoms with Gasteiger partial charge in [0.05, 0.1) is 18.4 Å². The van der Waals surface area contributed by atoms with E-state index in [-0.39, 0.29) is 11.7 Å². The van der Waals surface area contributed by atoms with Crippen LogP contribution in [0.3, 0.4) is 0 Å². The average molecular weight is 342 g/mol. The molecule has 2 aromatic carbocycles. The molecular formula is C18H15FN2O2S. The molecule has 4 nitrogen and oxygen atoms in total. The molecule has 0 saturated heterocycles. The van der Waals surface area contributed by atoms with Gasteiger partial charge in [0.15, 0.2) is 5.13 Å². The van der Waals surface area contributed by atoms with Gasteiger partial charge in [-0.1, -0.05) is 12.1 Å². The maximum absolute atomic E-state index is 13.1. The molecule has 0 saturated carbocycles. The van der Waals surface area contributed by atoms with E-state index in [1.165, 1.54) is 30.6 Å². The molecular weight excluding hydrogens is 327 g/mol. The number of para-hydroxylation sites is 1. The minimum absolute atomic E-state index is 0.285. The van der Waals surface area contributed by atoms with Gasteiger partial charge < -0.3 is 4.74 Å². The predicted molar refractivity (Wildman–Crippen MR) is 93.2 cm³/mol. The zero-order valence-corrected chi connectivity index (χ0v) is 14.0. The van der Waals surface area contributed by atoms with E-state index in [0.717, 1.165) is 16.1 Å². The minimum Gasteiger partial charge on any atom is -0.496 e. The standard InChI is InChI=1S/C18H15FN2O2S/c1-11-16(12-7-9-13(19)10-8-12)20-18(24-11)21-17(22)14-5-3-4-6-15(14)23-2/h3-10H,1-2H3,(H,20,21,22). The molecule has 0 atom stereocenters. The van der Waals surface area contributed by atoms with Crippen LogP contribution in [-0.4, -0.2) is 18.0 Å². The van der Waals surface area contributed by atoms with E-state index in [9.17, 15) is 9.18 Å². The third kappa shape index (κ3) is 3.28. The van der Waals surface area contributed by atoms with Gasteiger partial charge in [0.2, 0.25) is 0 Å². The second-order valence-corrected chi connectivity index (χ2v) is 6.29. The van der Waals surface area contributed by atoms with Crippen LogP contribution in [0.2, 0.25) is 0 Å². The number of nitrogens with one attached hydrogen (secondary N) is 1. The van der Waals surface area contributed by atoms with Crippen LogP contribution in [0, 0.1) is 12.7 Å². The van der Waals surface area contributed by atoms with Gasteiger partial charge in [0.1, 0.15) is 11.6 Å². The van der Waals surface area contributed by atoms with Crippen molar-refractivity contribution in [1.29, 1.82) is 0 Å². The molecule has 1 amide bonds. The summed E-state index contributed by atoms with van der Waals surface area (Å²) in [6.45, 7) is 1.91. The topological polar surface area (TPSA) is 51.2 Å². The van der Waals surface area contributed by atoms with Gasteiger partial charge in [-0.25, -0.2) is 9.37 Å². The third-order valence-electron chi connectivity index (χ3n) is 3.49. The Labute approximate surface area is 142 Å². The van der Waals surface area contributed by atoms with Crippen molar-refractivity contribution >= 4 is 22.4 Å². The number of anilines is 1. The summed E-state index contributed by atoms with van der Waals surface area (Å²) in [6, 6.07) is 13.1. The van der Waals surface area contributed by atoms with E-state index < -0.39 is 0 Å². The van der Waals surface area contributed by atoms with E-state index >= 15 is 0 Å². The highest BCUT2D eigenvalue weighted by Gasteiger charge is 2.15. The van der Waals surface area contributed by atoms with Crippen LogP contribution in [-0.2, 0) is 0 Å². The number of carbonyl (C=O) groups excluding carboxylic acids is 1. The number of rotatable bonds is 4. The van der Waals surface area contributed by atoms with Gasteiger partial charge in [-0.2, -0.15) is 0 Å². The first kappa shape index (κ1) is 16.1. The van der Waals surface area contributed by atoms with Crippen LogP contribution < -0.4 is 10.1 Å². The number of halogens is 1. The van der Waals surface area contributed by atoms with Gasteiger partial charge >= 0.3 is 0 Å². The molecule has 0 spiro atoms. The van der Waals surface area contributed by atoms with Crippen LogP contribution in [0.15, 0.2) is 48.5 Å². The van der Waals surface area contributed by atoms with Crippen molar-refractivity contribution in [2.75, 3.05) is 12.4 Å². The van der Waals surface area contributed by atoms with E-state index in [4.69, 9.17) is 4.74 Å². The number of carbonyl (C=O) groups is 1. The smallest absolute Gasteiger partial charge is 0.261 e. The first-order valence-corrected chi connectivity index (χ1v) is 8.08. The molecule has 0 bridgehead atoms. The highest BCUT2D eigenvalue weighted by molar-refractivity contribution is 7.16. The average Bonchev–Trinajstić information content (AvgIpc) is 2.95. The molecule has 0 unspecified atom stereocenters. The summed E-state index contributed by atoms with van der Waals surface area (Å²) in [5, 5.41) is 3.28. The number of benzene rings is 2. The lowest BCUT2D eigenvalue weighted by atomic mass is 10.1. The van der Waals surface area contributed by atoms with Crippen LogP contribution in [0.5, 0.6) is 5.75 Å². The first-order valence-electron chi connectivity index (χ1n) is 7.26. The Morgan fingerprint density at radius 3 is 2.58 bits per heavy atom. The number of thiazole rings is 1. The Kier molecular flexibility index (Phi) is 4.57. The van der Waals surface area contributed by atoms with Crippen molar-refractivity contribution in [2.45, 2.75) is 6.92 Å². The second-order valence-electron chi connectivity index (χ2n) is 5.09. The quantitative estimate of drug-likeness (QED) is 0.758. The third-order valence-corrected chi connectivity index (χ3v) is 4.37. The van der Waals surface area contributed by atoms with Crippen LogP contribution in [0.25, 0.3) is 11.3 Å². The Balaban J connectivity index is 1.85. The monoisotopic (exact) mass is 342 g/mol. The molecule has 1 heterocycles. The maximum Gasteiger partial charge on any atom is 0.261 e. The Morgan fingerprint density at radius 1 is 1.17 bits per heavy atom. The molecule has 0 aliphatic carbocycles. The van der Waals surface area contributed by atoms with Gasteiger partial charge in [0, 0.05) is 10.4 Å². The number of aromatic nitrogens is 1. The molecule has 1 aromatic heterocycles. The minimum atomic E-state index is -0.295. The molecule has 0 radical (unpaired) electrons. The van der Waals surface area contributed by atoms with Crippen molar-refractivity contribution in [3.63, 3.8) is 0 Å². The molecule has 0 aliphatic heterocycles. The van der Waals surface area contributed by atoms with Crippen molar-refractivity contribution in [3.05, 3.63) is 64.8 Å². The number of methoxy groups -OCH3 is 1. The van der Waals surface area contributed by atoms with Crippen molar-refractivity contribution < 1.29 is 13.9 Å². The van der Waals surface area contributed by atoms with Crippen molar-refractivity contribution in [2.24, 2.45) is 0 Å². The highest BCUT2D eigenvalue weighted by Crippen LogP contribution is 2.31. The van der Waals surface area contributed by atoms with Gasteiger partial charge in [-0.05, 0) is 43.3 Å². The normalized spacial score (nSPS) is 10.5. The van der Waals surface area contributed by atoms with Crippen LogP contribution >= 0.6 is 11.3 Å². The lowest BCUT2D eigenvalue weighted by Crippen LogP contribution is -2.12. The molecule has 122 valence electrons. The largest absolute Gasteiger partial charge is 0.496 e. The summed E-state index contributed by atoms with van der Waals surface area (Å²) in [5.41, 5.74) is 1.98. The summed E-state index contributed by atoms with van der Waals surface area (Å²) in [7, 11) is 1.52.